The number of imidazole rings is 1. The normalized spacial score (nSPS) is 11.3. The lowest BCUT2D eigenvalue weighted by molar-refractivity contribution is 0.872. The van der Waals surface area contributed by atoms with Gasteiger partial charge in [-0.15, -0.1) is 0 Å². The highest BCUT2D eigenvalue weighted by atomic mass is 127. The Bertz CT molecular complexity index is 522. The number of rotatable bonds is 2. The fourth-order valence-corrected chi connectivity index (χ4v) is 2.63. The third kappa shape index (κ3) is 1.96. The molecule has 0 aliphatic rings. The van der Waals surface area contributed by atoms with E-state index in [-0.39, 0.29) is 5.56 Å². The Morgan fingerprint density at radius 3 is 2.93 bits per heavy atom. The van der Waals surface area contributed by atoms with Gasteiger partial charge >= 0.3 is 0 Å². The molecule has 2 aromatic rings. The maximum Gasteiger partial charge on any atom is 0.275 e. The van der Waals surface area contributed by atoms with E-state index < -0.39 is 0 Å². The van der Waals surface area contributed by atoms with Gasteiger partial charge < -0.3 is 4.57 Å². The molecule has 1 unspecified atom stereocenters. The first-order valence-corrected chi connectivity index (χ1v) is 8.24. The lowest BCUT2D eigenvalue weighted by Gasteiger charge is -2.07. The van der Waals surface area contributed by atoms with Gasteiger partial charge in [-0.3, -0.25) is 4.79 Å². The van der Waals surface area contributed by atoms with Gasteiger partial charge in [0, 0.05) is 18.0 Å². The summed E-state index contributed by atoms with van der Waals surface area (Å²) in [5.74, 6) is 0. The van der Waals surface area contributed by atoms with Gasteiger partial charge in [0.25, 0.3) is 5.56 Å². The van der Waals surface area contributed by atoms with Crippen LogP contribution in [0.2, 0.25) is 0 Å². The van der Waals surface area contributed by atoms with Gasteiger partial charge in [-0.05, 0) is 29.0 Å². The van der Waals surface area contributed by atoms with E-state index in [9.17, 15) is 4.79 Å². The van der Waals surface area contributed by atoms with Crippen LogP contribution in [-0.2, 0) is 0 Å². The van der Waals surface area contributed by atoms with E-state index in [1.807, 2.05) is 0 Å². The van der Waals surface area contributed by atoms with Gasteiger partial charge in [0.2, 0.25) is 0 Å². The Morgan fingerprint density at radius 2 is 2.33 bits per heavy atom. The molecule has 0 saturated carbocycles. The maximum atomic E-state index is 11.8. The third-order valence-electron chi connectivity index (χ3n) is 2.06. The van der Waals surface area contributed by atoms with Crippen LogP contribution in [0, 0.1) is 6.92 Å². The zero-order valence-electron chi connectivity index (χ0n) is 7.88. The SMILES string of the molecule is Cc1c(-n2ccnc2)cnn(PI)c1=O. The second kappa shape index (κ2) is 4.40. The summed E-state index contributed by atoms with van der Waals surface area (Å²) in [7, 11) is 0. The zero-order chi connectivity index (χ0) is 10.8. The van der Waals surface area contributed by atoms with Crippen molar-refractivity contribution in [1.29, 1.82) is 0 Å². The van der Waals surface area contributed by atoms with Crippen LogP contribution >= 0.6 is 28.4 Å². The van der Waals surface area contributed by atoms with E-state index in [0.29, 0.717) is 11.9 Å². The second-order valence-electron chi connectivity index (χ2n) is 2.93. The molecule has 7 heteroatoms. The molecule has 0 amide bonds. The Labute approximate surface area is 101 Å². The molecular formula is C8H8IN4OP. The molecular weight excluding hydrogens is 326 g/mol. The summed E-state index contributed by atoms with van der Waals surface area (Å²) in [4.78, 5) is 15.7. The molecule has 2 rings (SSSR count). The molecule has 0 aliphatic heterocycles. The van der Waals surface area contributed by atoms with Crippen LogP contribution in [0.3, 0.4) is 0 Å². The van der Waals surface area contributed by atoms with E-state index in [0.717, 1.165) is 5.69 Å². The van der Waals surface area contributed by atoms with Crippen LogP contribution in [0.25, 0.3) is 5.69 Å². The predicted octanol–water partition coefficient (Wildman–Crippen LogP) is 1.53. The minimum Gasteiger partial charge on any atom is -0.304 e. The average Bonchev–Trinajstić information content (AvgIpc) is 2.75. The van der Waals surface area contributed by atoms with Crippen molar-refractivity contribution in [3.63, 3.8) is 0 Å². The highest BCUT2D eigenvalue weighted by Crippen LogP contribution is 2.20. The summed E-state index contributed by atoms with van der Waals surface area (Å²) >= 11 is 2.13. The molecule has 15 heavy (non-hydrogen) atoms. The van der Waals surface area contributed by atoms with Crippen LogP contribution in [0.5, 0.6) is 0 Å². The molecule has 0 saturated heterocycles. The van der Waals surface area contributed by atoms with Crippen LogP contribution in [-0.4, -0.2) is 19.1 Å². The predicted molar refractivity (Wildman–Crippen MR) is 68.1 cm³/mol. The molecule has 5 nitrogen and oxygen atoms in total. The average molecular weight is 334 g/mol. The van der Waals surface area contributed by atoms with Crippen LogP contribution in [0.4, 0.5) is 0 Å². The van der Waals surface area contributed by atoms with Crippen molar-refractivity contribution in [2.45, 2.75) is 6.92 Å². The minimum atomic E-state index is -0.0473. The second-order valence-corrected chi connectivity index (χ2v) is 4.97. The fraction of sp³-hybridized carbons (Fsp3) is 0.125. The molecule has 2 heterocycles. The highest BCUT2D eigenvalue weighted by molar-refractivity contribution is 14.2. The topological polar surface area (TPSA) is 52.7 Å². The Hall–Kier alpha value is -0.750. The van der Waals surface area contributed by atoms with Crippen molar-refractivity contribution < 1.29 is 0 Å². The van der Waals surface area contributed by atoms with Gasteiger partial charge in [0.1, 0.15) is 0 Å². The van der Waals surface area contributed by atoms with Crippen molar-refractivity contribution in [2.24, 2.45) is 0 Å². The summed E-state index contributed by atoms with van der Waals surface area (Å²) in [6.45, 7) is 1.80. The number of halogens is 1. The van der Waals surface area contributed by atoms with Crippen molar-refractivity contribution in [1.82, 2.24) is 19.1 Å². The van der Waals surface area contributed by atoms with E-state index in [1.165, 1.54) is 4.45 Å². The number of hydrogen-bond acceptors (Lipinski definition) is 3. The first-order valence-electron chi connectivity index (χ1n) is 4.18. The van der Waals surface area contributed by atoms with Gasteiger partial charge in [0.15, 0.2) is 0 Å². The third-order valence-corrected chi connectivity index (χ3v) is 3.91. The van der Waals surface area contributed by atoms with Crippen molar-refractivity contribution in [2.75, 3.05) is 0 Å². The number of nitrogens with zero attached hydrogens (tertiary/aromatic N) is 4. The van der Waals surface area contributed by atoms with E-state index in [1.54, 1.807) is 36.4 Å². The van der Waals surface area contributed by atoms with Gasteiger partial charge in [-0.25, -0.2) is 9.44 Å². The lowest BCUT2D eigenvalue weighted by Crippen LogP contribution is -2.20. The monoisotopic (exact) mass is 334 g/mol. The molecule has 0 radical (unpaired) electrons. The quantitative estimate of drug-likeness (QED) is 0.618. The van der Waals surface area contributed by atoms with E-state index >= 15 is 0 Å². The van der Waals surface area contributed by atoms with Gasteiger partial charge in [-0.2, -0.15) is 5.10 Å². The lowest BCUT2D eigenvalue weighted by atomic mass is 10.3. The van der Waals surface area contributed by atoms with Crippen molar-refractivity contribution in [3.05, 3.63) is 40.8 Å². The zero-order valence-corrected chi connectivity index (χ0v) is 11.0. The molecule has 78 valence electrons. The first kappa shape index (κ1) is 10.8. The van der Waals surface area contributed by atoms with Gasteiger partial charge in [0.05, 0.1) is 24.6 Å². The summed E-state index contributed by atoms with van der Waals surface area (Å²) in [5, 5.41) is 4.07. The van der Waals surface area contributed by atoms with Crippen LogP contribution in [0.1, 0.15) is 5.56 Å². The van der Waals surface area contributed by atoms with Crippen LogP contribution < -0.4 is 5.56 Å². The molecule has 0 bridgehead atoms. The van der Waals surface area contributed by atoms with Crippen molar-refractivity contribution >= 4 is 28.4 Å². The molecule has 1 atom stereocenters. The summed E-state index contributed by atoms with van der Waals surface area (Å²) in [6, 6.07) is 0. The van der Waals surface area contributed by atoms with E-state index in [4.69, 9.17) is 0 Å². The largest absolute Gasteiger partial charge is 0.304 e. The van der Waals surface area contributed by atoms with Gasteiger partial charge in [-0.1, -0.05) is 0 Å². The fourth-order valence-electron chi connectivity index (χ4n) is 1.25. The Kier molecular flexibility index (Phi) is 3.16. The molecule has 0 spiro atoms. The Balaban J connectivity index is 2.62. The molecule has 0 aliphatic carbocycles. The molecule has 0 fully saturated rings. The van der Waals surface area contributed by atoms with Crippen molar-refractivity contribution in [3.8, 4) is 5.69 Å². The standard InChI is InChI=1S/C8H8IN4OP/c1-6-7(12-3-2-10-5-12)4-11-13(15-9)8(6)14/h2-5,15H,1H3. The molecule has 2 aromatic heterocycles. The molecule has 0 aromatic carbocycles. The summed E-state index contributed by atoms with van der Waals surface area (Å²) in [5.41, 5.74) is 1.42. The summed E-state index contributed by atoms with van der Waals surface area (Å²) in [6.07, 6.45) is 7.13. The number of hydrogen-bond donors (Lipinski definition) is 0. The Morgan fingerprint density at radius 1 is 1.53 bits per heavy atom. The highest BCUT2D eigenvalue weighted by Gasteiger charge is 2.07. The van der Waals surface area contributed by atoms with E-state index in [2.05, 4.69) is 32.1 Å². The summed E-state index contributed by atoms with van der Waals surface area (Å²) < 4.78 is 3.24. The van der Waals surface area contributed by atoms with Crippen LogP contribution in [0.15, 0.2) is 29.7 Å². The maximum absolute atomic E-state index is 11.8. The first-order chi connectivity index (χ1) is 7.24. The smallest absolute Gasteiger partial charge is 0.275 e. The molecule has 0 N–H and O–H groups in total. The number of aromatic nitrogens is 4. The minimum absolute atomic E-state index is 0.0473.